The monoisotopic (exact) mass is 290 g/mol. The Hall–Kier alpha value is -1.75. The number of hydrogen-bond acceptors (Lipinski definition) is 4. The van der Waals surface area contributed by atoms with Gasteiger partial charge < -0.3 is 20.9 Å². The Labute approximate surface area is 127 Å². The third-order valence-electron chi connectivity index (χ3n) is 3.62. The molecule has 0 aliphatic carbocycles. The maximum atomic E-state index is 11.5. The summed E-state index contributed by atoms with van der Waals surface area (Å²) < 4.78 is 0. The molecular formula is C16H26N4O. The minimum atomic E-state index is 0.0465. The first-order valence-electron chi connectivity index (χ1n) is 7.48. The number of hydrogen-bond donors (Lipinski definition) is 2. The normalized spacial score (nSPS) is 13.7. The van der Waals surface area contributed by atoms with E-state index in [-0.39, 0.29) is 5.91 Å². The van der Waals surface area contributed by atoms with Crippen LogP contribution in [0.15, 0.2) is 12.1 Å². The largest absolute Gasteiger partial charge is 0.397 e. The summed E-state index contributed by atoms with van der Waals surface area (Å²) in [6.45, 7) is 7.24. The van der Waals surface area contributed by atoms with Gasteiger partial charge >= 0.3 is 0 Å². The number of nitrogens with zero attached hydrogens (tertiary/aromatic N) is 2. The highest BCUT2D eigenvalue weighted by molar-refractivity contribution is 6.00. The summed E-state index contributed by atoms with van der Waals surface area (Å²) in [5, 5.41) is 2.91. The second-order valence-electron chi connectivity index (χ2n) is 6.44. The van der Waals surface area contributed by atoms with Gasteiger partial charge in [0.05, 0.1) is 17.8 Å². The third-order valence-corrected chi connectivity index (χ3v) is 3.62. The first kappa shape index (κ1) is 15.6. The van der Waals surface area contributed by atoms with E-state index in [0.717, 1.165) is 42.3 Å². The van der Waals surface area contributed by atoms with Crippen molar-refractivity contribution in [2.75, 3.05) is 49.7 Å². The van der Waals surface area contributed by atoms with Gasteiger partial charge in [0.1, 0.15) is 0 Å². The van der Waals surface area contributed by atoms with E-state index in [0.29, 0.717) is 12.3 Å². The van der Waals surface area contributed by atoms with Crippen LogP contribution in [0.5, 0.6) is 0 Å². The molecule has 5 heteroatoms. The topological polar surface area (TPSA) is 61.6 Å². The number of rotatable bonds is 6. The number of benzene rings is 1. The van der Waals surface area contributed by atoms with Crippen LogP contribution in [0, 0.1) is 5.92 Å². The Morgan fingerprint density at radius 3 is 2.62 bits per heavy atom. The fourth-order valence-electron chi connectivity index (χ4n) is 2.63. The van der Waals surface area contributed by atoms with E-state index in [1.165, 1.54) is 0 Å². The maximum absolute atomic E-state index is 11.5. The molecule has 0 fully saturated rings. The molecule has 0 aromatic heterocycles. The number of carbonyl (C=O) groups excluding carboxylic acids is 1. The Morgan fingerprint density at radius 2 is 2.00 bits per heavy atom. The molecule has 0 radical (unpaired) electrons. The highest BCUT2D eigenvalue weighted by atomic mass is 16.1. The average molecular weight is 290 g/mol. The minimum Gasteiger partial charge on any atom is -0.397 e. The van der Waals surface area contributed by atoms with Gasteiger partial charge in [0, 0.05) is 25.3 Å². The molecule has 5 nitrogen and oxygen atoms in total. The number of nitrogen functional groups attached to an aromatic ring is 1. The van der Waals surface area contributed by atoms with Gasteiger partial charge in [0.15, 0.2) is 0 Å². The van der Waals surface area contributed by atoms with Crippen LogP contribution in [0.1, 0.15) is 19.4 Å². The molecule has 1 aliphatic rings. The van der Waals surface area contributed by atoms with Crippen molar-refractivity contribution in [3.05, 3.63) is 17.7 Å². The number of carbonyl (C=O) groups is 1. The molecule has 1 amide bonds. The van der Waals surface area contributed by atoms with Gasteiger partial charge in [-0.15, -0.1) is 0 Å². The summed E-state index contributed by atoms with van der Waals surface area (Å²) in [6.07, 6.45) is 0.432. The van der Waals surface area contributed by atoms with Crippen LogP contribution in [-0.2, 0) is 11.2 Å². The van der Waals surface area contributed by atoms with Gasteiger partial charge in [-0.1, -0.05) is 13.8 Å². The summed E-state index contributed by atoms with van der Waals surface area (Å²) in [5.41, 5.74) is 9.91. The van der Waals surface area contributed by atoms with Crippen LogP contribution in [0.4, 0.5) is 17.1 Å². The molecular weight excluding hydrogens is 264 g/mol. The van der Waals surface area contributed by atoms with E-state index in [9.17, 15) is 4.79 Å². The fourth-order valence-corrected chi connectivity index (χ4v) is 2.63. The SMILES string of the molecule is CC(C)CN(CCN(C)C)c1cc2c(cc1N)CC(=O)N2. The van der Waals surface area contributed by atoms with Crippen molar-refractivity contribution in [1.29, 1.82) is 0 Å². The van der Waals surface area contributed by atoms with Crippen molar-refractivity contribution >= 4 is 23.0 Å². The number of amides is 1. The predicted molar refractivity (Wildman–Crippen MR) is 88.8 cm³/mol. The van der Waals surface area contributed by atoms with Crippen LogP contribution < -0.4 is 16.0 Å². The quantitative estimate of drug-likeness (QED) is 0.784. The summed E-state index contributed by atoms with van der Waals surface area (Å²) in [7, 11) is 4.14. The van der Waals surface area contributed by atoms with Crippen LogP contribution >= 0.6 is 0 Å². The zero-order valence-electron chi connectivity index (χ0n) is 13.4. The first-order chi connectivity index (χ1) is 9.86. The Balaban J connectivity index is 2.26. The smallest absolute Gasteiger partial charge is 0.228 e. The van der Waals surface area contributed by atoms with Crippen molar-refractivity contribution in [3.63, 3.8) is 0 Å². The van der Waals surface area contributed by atoms with Crippen molar-refractivity contribution in [1.82, 2.24) is 4.90 Å². The molecule has 0 saturated carbocycles. The molecule has 116 valence electrons. The van der Waals surface area contributed by atoms with Gasteiger partial charge in [0.25, 0.3) is 0 Å². The Morgan fingerprint density at radius 1 is 1.29 bits per heavy atom. The molecule has 21 heavy (non-hydrogen) atoms. The number of fused-ring (bicyclic) bond motifs is 1. The molecule has 0 spiro atoms. The molecule has 1 aliphatic heterocycles. The molecule has 0 bridgehead atoms. The van der Waals surface area contributed by atoms with Crippen LogP contribution in [0.3, 0.4) is 0 Å². The van der Waals surface area contributed by atoms with E-state index in [2.05, 4.69) is 43.1 Å². The van der Waals surface area contributed by atoms with Gasteiger partial charge in [-0.05, 0) is 37.7 Å². The van der Waals surface area contributed by atoms with Gasteiger partial charge in [-0.2, -0.15) is 0 Å². The van der Waals surface area contributed by atoms with Crippen LogP contribution in [0.25, 0.3) is 0 Å². The van der Waals surface area contributed by atoms with Crippen molar-refractivity contribution in [2.24, 2.45) is 5.92 Å². The van der Waals surface area contributed by atoms with Gasteiger partial charge in [-0.3, -0.25) is 4.79 Å². The molecule has 1 heterocycles. The van der Waals surface area contributed by atoms with Crippen molar-refractivity contribution in [3.8, 4) is 0 Å². The maximum Gasteiger partial charge on any atom is 0.228 e. The number of anilines is 3. The molecule has 0 atom stereocenters. The molecule has 0 unspecified atom stereocenters. The predicted octanol–water partition coefficient (Wildman–Crippen LogP) is 1.79. The van der Waals surface area contributed by atoms with E-state index in [1.54, 1.807) is 0 Å². The lowest BCUT2D eigenvalue weighted by Gasteiger charge is -2.29. The van der Waals surface area contributed by atoms with E-state index in [4.69, 9.17) is 5.73 Å². The number of nitrogens with two attached hydrogens (primary N) is 1. The molecule has 1 aromatic carbocycles. The van der Waals surface area contributed by atoms with E-state index in [1.807, 2.05) is 12.1 Å². The standard InChI is InChI=1S/C16H26N4O/c1-11(2)10-20(6-5-19(3)4)15-9-14-12(7-13(15)17)8-16(21)18-14/h7,9,11H,5-6,8,10,17H2,1-4H3,(H,18,21). The lowest BCUT2D eigenvalue weighted by molar-refractivity contribution is -0.115. The number of likely N-dealkylation sites (N-methyl/N-ethyl adjacent to an activating group) is 1. The summed E-state index contributed by atoms with van der Waals surface area (Å²) >= 11 is 0. The second-order valence-corrected chi connectivity index (χ2v) is 6.44. The summed E-state index contributed by atoms with van der Waals surface area (Å²) in [6, 6.07) is 3.96. The third kappa shape index (κ3) is 3.88. The zero-order chi connectivity index (χ0) is 15.6. The second kappa shape index (κ2) is 6.35. The molecule has 2 rings (SSSR count). The molecule has 1 aromatic rings. The minimum absolute atomic E-state index is 0.0465. The van der Waals surface area contributed by atoms with Crippen LogP contribution in [0.2, 0.25) is 0 Å². The fraction of sp³-hybridized carbons (Fsp3) is 0.562. The zero-order valence-corrected chi connectivity index (χ0v) is 13.4. The lowest BCUT2D eigenvalue weighted by atomic mass is 10.1. The van der Waals surface area contributed by atoms with Crippen molar-refractivity contribution < 1.29 is 4.79 Å². The highest BCUT2D eigenvalue weighted by Gasteiger charge is 2.21. The van der Waals surface area contributed by atoms with Gasteiger partial charge in [-0.25, -0.2) is 0 Å². The average Bonchev–Trinajstić information content (AvgIpc) is 2.72. The molecule has 3 N–H and O–H groups in total. The Kier molecular flexibility index (Phi) is 4.73. The van der Waals surface area contributed by atoms with Gasteiger partial charge in [0.2, 0.25) is 5.91 Å². The Bertz CT molecular complexity index is 525. The first-order valence-corrected chi connectivity index (χ1v) is 7.48. The van der Waals surface area contributed by atoms with E-state index < -0.39 is 0 Å². The van der Waals surface area contributed by atoms with Crippen LogP contribution in [-0.4, -0.2) is 44.5 Å². The van der Waals surface area contributed by atoms with E-state index >= 15 is 0 Å². The number of nitrogens with one attached hydrogen (secondary N) is 1. The summed E-state index contributed by atoms with van der Waals surface area (Å²) in [5.74, 6) is 0.597. The lowest BCUT2D eigenvalue weighted by Crippen LogP contribution is -2.34. The highest BCUT2D eigenvalue weighted by Crippen LogP contribution is 2.34. The summed E-state index contributed by atoms with van der Waals surface area (Å²) in [4.78, 5) is 16.0. The van der Waals surface area contributed by atoms with Crippen molar-refractivity contribution in [2.45, 2.75) is 20.3 Å². The molecule has 0 saturated heterocycles.